The molecule has 1 atom stereocenters. The highest BCUT2D eigenvalue weighted by Gasteiger charge is 2.39. The average Bonchev–Trinajstić information content (AvgIpc) is 2.35. The SMILES string of the molecule is CCCCCCCCC(C(C)(C)C)C(C)(C)ON(N)CC.Cl. The molecule has 0 aromatic heterocycles. The van der Waals surface area contributed by atoms with Crippen molar-refractivity contribution in [2.24, 2.45) is 17.2 Å². The molecule has 0 saturated heterocycles. The smallest absolute Gasteiger partial charge is 0.0893 e. The van der Waals surface area contributed by atoms with Gasteiger partial charge in [0.05, 0.1) is 5.60 Å². The molecule has 0 aromatic rings. The van der Waals surface area contributed by atoms with Crippen molar-refractivity contribution in [2.75, 3.05) is 6.54 Å². The van der Waals surface area contributed by atoms with Crippen molar-refractivity contribution in [3.8, 4) is 0 Å². The van der Waals surface area contributed by atoms with Gasteiger partial charge in [-0.05, 0) is 38.5 Å². The minimum absolute atomic E-state index is 0. The van der Waals surface area contributed by atoms with Gasteiger partial charge in [0.25, 0.3) is 0 Å². The van der Waals surface area contributed by atoms with Gasteiger partial charge in [0.1, 0.15) is 0 Å². The Labute approximate surface area is 145 Å². The maximum Gasteiger partial charge on any atom is 0.0893 e. The molecule has 0 spiro atoms. The Kier molecular flexibility index (Phi) is 13.0. The Morgan fingerprint density at radius 3 is 1.86 bits per heavy atom. The van der Waals surface area contributed by atoms with Crippen LogP contribution in [-0.2, 0) is 4.84 Å². The lowest BCUT2D eigenvalue weighted by atomic mass is 9.69. The zero-order chi connectivity index (χ0) is 16.5. The number of unbranched alkanes of at least 4 members (excludes halogenated alkanes) is 5. The first-order chi connectivity index (χ1) is 9.65. The van der Waals surface area contributed by atoms with Crippen LogP contribution in [0, 0.1) is 11.3 Å². The van der Waals surface area contributed by atoms with Gasteiger partial charge in [-0.2, -0.15) is 0 Å². The van der Waals surface area contributed by atoms with Gasteiger partial charge < -0.3 is 0 Å². The predicted octanol–water partition coefficient (Wildman–Crippen LogP) is 5.73. The summed E-state index contributed by atoms with van der Waals surface area (Å²) in [5.74, 6) is 6.36. The van der Waals surface area contributed by atoms with Crippen LogP contribution in [0.5, 0.6) is 0 Å². The summed E-state index contributed by atoms with van der Waals surface area (Å²) in [4.78, 5) is 5.98. The highest BCUT2D eigenvalue weighted by atomic mass is 35.5. The predicted molar refractivity (Wildman–Crippen MR) is 99.9 cm³/mol. The Bertz CT molecular complexity index is 264. The second-order valence-corrected chi connectivity index (χ2v) is 7.90. The Balaban J connectivity index is 0. The van der Waals surface area contributed by atoms with E-state index < -0.39 is 0 Å². The van der Waals surface area contributed by atoms with Crippen molar-refractivity contribution in [1.82, 2.24) is 5.17 Å². The van der Waals surface area contributed by atoms with Gasteiger partial charge >= 0.3 is 0 Å². The molecular formula is C18H41ClN2O. The highest BCUT2D eigenvalue weighted by molar-refractivity contribution is 5.85. The Morgan fingerprint density at radius 2 is 1.41 bits per heavy atom. The number of hydrogen-bond acceptors (Lipinski definition) is 3. The number of hydrazine groups is 1. The van der Waals surface area contributed by atoms with Gasteiger partial charge in [-0.15, -0.1) is 17.6 Å². The second-order valence-electron chi connectivity index (χ2n) is 7.90. The molecule has 0 fully saturated rings. The summed E-state index contributed by atoms with van der Waals surface area (Å²) in [6, 6.07) is 0. The summed E-state index contributed by atoms with van der Waals surface area (Å²) in [5.41, 5.74) is -0.00602. The molecule has 0 aliphatic heterocycles. The van der Waals surface area contributed by atoms with E-state index in [0.29, 0.717) is 12.5 Å². The van der Waals surface area contributed by atoms with Gasteiger partial charge in [-0.3, -0.25) is 4.84 Å². The van der Waals surface area contributed by atoms with Gasteiger partial charge in [0.2, 0.25) is 0 Å². The third-order valence-electron chi connectivity index (χ3n) is 4.40. The van der Waals surface area contributed by atoms with Crippen molar-refractivity contribution >= 4 is 12.4 Å². The topological polar surface area (TPSA) is 38.5 Å². The number of nitrogens with two attached hydrogens (primary N) is 1. The summed E-state index contributed by atoms with van der Waals surface area (Å²) in [7, 11) is 0. The number of halogens is 1. The largest absolute Gasteiger partial charge is 0.278 e. The lowest BCUT2D eigenvalue weighted by Gasteiger charge is -2.43. The number of hydrogen-bond donors (Lipinski definition) is 1. The fraction of sp³-hybridized carbons (Fsp3) is 1.00. The maximum atomic E-state index is 5.98. The van der Waals surface area contributed by atoms with Crippen molar-refractivity contribution in [2.45, 2.75) is 99.0 Å². The van der Waals surface area contributed by atoms with E-state index in [0.717, 1.165) is 0 Å². The summed E-state index contributed by atoms with van der Waals surface area (Å²) in [6.45, 7) is 16.3. The normalized spacial score (nSPS) is 14.0. The average molecular weight is 337 g/mol. The molecule has 0 aliphatic rings. The van der Waals surface area contributed by atoms with E-state index in [1.165, 1.54) is 50.1 Å². The molecule has 0 heterocycles. The Morgan fingerprint density at radius 1 is 0.909 bits per heavy atom. The highest BCUT2D eigenvalue weighted by Crippen LogP contribution is 2.40. The van der Waals surface area contributed by atoms with Crippen LogP contribution in [0.15, 0.2) is 0 Å². The molecule has 0 aliphatic carbocycles. The lowest BCUT2D eigenvalue weighted by Crippen LogP contribution is -2.48. The maximum absolute atomic E-state index is 5.98. The third-order valence-corrected chi connectivity index (χ3v) is 4.40. The minimum Gasteiger partial charge on any atom is -0.278 e. The molecule has 1 unspecified atom stereocenters. The number of hydroxylamine groups is 1. The standard InChI is InChI=1S/C18H40N2O.ClH/c1-8-10-11-12-13-14-15-16(17(3,4)5)18(6,7)21-20(19)9-2;/h16H,8-15,19H2,1-7H3;1H. The molecular weight excluding hydrogens is 296 g/mol. The molecule has 0 amide bonds. The molecule has 0 saturated carbocycles. The lowest BCUT2D eigenvalue weighted by molar-refractivity contribution is -0.264. The molecule has 0 rings (SSSR count). The van der Waals surface area contributed by atoms with Crippen LogP contribution >= 0.6 is 12.4 Å². The summed E-state index contributed by atoms with van der Waals surface area (Å²) < 4.78 is 0. The molecule has 4 heteroatoms. The molecule has 0 radical (unpaired) electrons. The van der Waals surface area contributed by atoms with E-state index >= 15 is 0 Å². The van der Waals surface area contributed by atoms with Gasteiger partial charge in [0.15, 0.2) is 0 Å². The zero-order valence-electron chi connectivity index (χ0n) is 16.1. The molecule has 136 valence electrons. The van der Waals surface area contributed by atoms with Crippen LogP contribution in [0.3, 0.4) is 0 Å². The molecule has 0 aromatic carbocycles. The summed E-state index contributed by atoms with van der Waals surface area (Å²) >= 11 is 0. The monoisotopic (exact) mass is 336 g/mol. The summed E-state index contributed by atoms with van der Waals surface area (Å²) in [6.07, 6.45) is 9.26. The van der Waals surface area contributed by atoms with E-state index in [1.807, 2.05) is 6.92 Å². The van der Waals surface area contributed by atoms with Crippen LogP contribution in [0.1, 0.15) is 93.4 Å². The fourth-order valence-electron chi connectivity index (χ4n) is 3.38. The van der Waals surface area contributed by atoms with E-state index in [-0.39, 0.29) is 23.4 Å². The van der Waals surface area contributed by atoms with Gasteiger partial charge in [-0.25, -0.2) is 5.84 Å². The first-order valence-corrected chi connectivity index (χ1v) is 8.86. The van der Waals surface area contributed by atoms with E-state index in [9.17, 15) is 0 Å². The zero-order valence-corrected chi connectivity index (χ0v) is 16.9. The second kappa shape index (κ2) is 11.7. The first-order valence-electron chi connectivity index (χ1n) is 8.86. The first kappa shape index (κ1) is 24.4. The quantitative estimate of drug-likeness (QED) is 0.297. The van der Waals surface area contributed by atoms with Gasteiger partial charge in [0, 0.05) is 6.54 Å². The molecule has 3 nitrogen and oxygen atoms in total. The molecule has 0 bridgehead atoms. The third kappa shape index (κ3) is 10.0. The van der Waals surface area contributed by atoms with Crippen molar-refractivity contribution in [3.63, 3.8) is 0 Å². The van der Waals surface area contributed by atoms with Crippen LogP contribution in [0.2, 0.25) is 0 Å². The minimum atomic E-state index is -0.230. The van der Waals surface area contributed by atoms with Crippen molar-refractivity contribution < 1.29 is 4.84 Å². The van der Waals surface area contributed by atoms with Crippen LogP contribution in [0.25, 0.3) is 0 Å². The van der Waals surface area contributed by atoms with Crippen molar-refractivity contribution in [1.29, 1.82) is 0 Å². The van der Waals surface area contributed by atoms with E-state index in [2.05, 4.69) is 41.5 Å². The molecule has 2 N–H and O–H groups in total. The van der Waals surface area contributed by atoms with Crippen LogP contribution in [-0.4, -0.2) is 17.3 Å². The van der Waals surface area contributed by atoms with Crippen LogP contribution < -0.4 is 5.84 Å². The van der Waals surface area contributed by atoms with E-state index in [1.54, 1.807) is 0 Å². The van der Waals surface area contributed by atoms with Crippen LogP contribution in [0.4, 0.5) is 0 Å². The molecule has 22 heavy (non-hydrogen) atoms. The summed E-state index contributed by atoms with van der Waals surface area (Å²) in [5, 5.41) is 1.47. The Hall–Kier alpha value is 0.170. The van der Waals surface area contributed by atoms with E-state index in [4.69, 9.17) is 10.7 Å². The van der Waals surface area contributed by atoms with Gasteiger partial charge in [-0.1, -0.05) is 66.2 Å². The number of rotatable bonds is 11. The number of nitrogens with zero attached hydrogens (tertiary/aromatic N) is 1. The fourth-order valence-corrected chi connectivity index (χ4v) is 3.38. The van der Waals surface area contributed by atoms with Crippen molar-refractivity contribution in [3.05, 3.63) is 0 Å².